The van der Waals surface area contributed by atoms with Crippen LogP contribution in [0.25, 0.3) is 0 Å². The molecule has 0 saturated carbocycles. The summed E-state index contributed by atoms with van der Waals surface area (Å²) in [6, 6.07) is 0. The van der Waals surface area contributed by atoms with Crippen molar-refractivity contribution in [1.29, 1.82) is 0 Å². The van der Waals surface area contributed by atoms with E-state index in [0.717, 1.165) is 0 Å². The van der Waals surface area contributed by atoms with Crippen LogP contribution in [0, 0.1) is 0 Å². The normalized spacial score (nSPS) is 16.4. The van der Waals surface area contributed by atoms with Crippen LogP contribution in [-0.4, -0.2) is 5.66 Å². The summed E-state index contributed by atoms with van der Waals surface area (Å²) in [5, 5.41) is 0. The molecule has 0 aromatic heterocycles. The Labute approximate surface area is 68.9 Å². The van der Waals surface area contributed by atoms with Gasteiger partial charge in [0, 0.05) is 5.54 Å². The van der Waals surface area contributed by atoms with Crippen LogP contribution in [0.2, 0.25) is 0 Å². The lowest BCUT2D eigenvalue weighted by Crippen LogP contribution is -1.88. The summed E-state index contributed by atoms with van der Waals surface area (Å²) in [5.74, 6) is -3.00. The molecule has 0 rings (SSSR count). The fraction of sp³-hybridized carbons (Fsp3) is 0.500. The lowest BCUT2D eigenvalue weighted by molar-refractivity contribution is 0.590. The maximum absolute atomic E-state index is 10.7. The third kappa shape index (κ3) is 4.27. The monoisotopic (exact) mass is 206 g/mol. The van der Waals surface area contributed by atoms with E-state index >= 15 is 0 Å². The third-order valence-electron chi connectivity index (χ3n) is 0.825. The quantitative estimate of drug-likeness (QED) is 0.630. The number of hydrogen-bond acceptors (Lipinski definition) is 1. The van der Waals surface area contributed by atoms with E-state index in [1.54, 1.807) is 6.92 Å². The average molecular weight is 207 g/mol. The van der Waals surface area contributed by atoms with Gasteiger partial charge in [-0.15, -0.1) is 0 Å². The predicted molar refractivity (Wildman–Crippen MR) is 43.8 cm³/mol. The maximum atomic E-state index is 10.7. The minimum absolute atomic E-state index is 0.363. The Hall–Kier alpha value is 0.840. The average Bonchev–Trinajstić information content (AvgIpc) is 1.64. The number of allylic oxidation sites excluding steroid dienone is 1. The molecule has 0 aliphatic carbocycles. The molecule has 54 valence electrons. The maximum Gasteiger partial charge on any atom is 0.259 e. The van der Waals surface area contributed by atoms with Crippen LogP contribution in [0.15, 0.2) is 11.6 Å². The fourth-order valence-corrected chi connectivity index (χ4v) is 1.20. The van der Waals surface area contributed by atoms with Crippen LogP contribution in [0.4, 0.5) is 0 Å². The summed E-state index contributed by atoms with van der Waals surface area (Å²) in [6.45, 7) is 1.64. The van der Waals surface area contributed by atoms with Crippen molar-refractivity contribution >= 4 is 39.9 Å². The fourth-order valence-electron chi connectivity index (χ4n) is 0.205. The summed E-state index contributed by atoms with van der Waals surface area (Å²) in [6.07, 6.45) is 1.49. The minimum atomic E-state index is -3.00. The molecule has 0 bridgehead atoms. The standard InChI is InChI=1S/C4H6Cl3OP/c1-4(2-3-5)9(6,7)8/h2-4H,1H3/b3-2+. The van der Waals surface area contributed by atoms with Crippen LogP contribution >= 0.6 is 39.9 Å². The lowest BCUT2D eigenvalue weighted by atomic mass is 10.5. The molecule has 0 N–H and O–H groups in total. The van der Waals surface area contributed by atoms with Crippen LogP contribution in [-0.2, 0) is 4.57 Å². The first kappa shape index (κ1) is 9.84. The van der Waals surface area contributed by atoms with E-state index < -0.39 is 5.85 Å². The zero-order chi connectivity index (χ0) is 7.49. The van der Waals surface area contributed by atoms with Gasteiger partial charge >= 0.3 is 0 Å². The molecule has 0 fully saturated rings. The highest BCUT2D eigenvalue weighted by molar-refractivity contribution is 8.09. The first-order chi connectivity index (χ1) is 3.98. The molecule has 0 aliphatic rings. The van der Waals surface area contributed by atoms with E-state index in [9.17, 15) is 4.57 Å². The largest absolute Gasteiger partial charge is 0.289 e. The second-order valence-electron chi connectivity index (χ2n) is 1.56. The van der Waals surface area contributed by atoms with E-state index in [2.05, 4.69) is 0 Å². The van der Waals surface area contributed by atoms with Crippen molar-refractivity contribution in [2.24, 2.45) is 0 Å². The smallest absolute Gasteiger partial charge is 0.259 e. The first-order valence-corrected chi connectivity index (χ1v) is 6.26. The van der Waals surface area contributed by atoms with Crippen LogP contribution in [0.1, 0.15) is 6.92 Å². The molecule has 0 aromatic rings. The number of rotatable bonds is 2. The molecule has 9 heavy (non-hydrogen) atoms. The summed E-state index contributed by atoms with van der Waals surface area (Å²) in [5.41, 5.74) is 0.889. The van der Waals surface area contributed by atoms with Crippen molar-refractivity contribution in [2.75, 3.05) is 0 Å². The van der Waals surface area contributed by atoms with Gasteiger partial charge in [0.25, 0.3) is 5.85 Å². The Morgan fingerprint density at radius 2 is 2.00 bits per heavy atom. The molecule has 0 aliphatic heterocycles. The third-order valence-corrected chi connectivity index (χ3v) is 3.94. The Bertz CT molecular complexity index is 150. The molecule has 0 spiro atoms. The van der Waals surface area contributed by atoms with Gasteiger partial charge in [0.1, 0.15) is 0 Å². The molecule has 0 saturated heterocycles. The van der Waals surface area contributed by atoms with Crippen molar-refractivity contribution in [3.63, 3.8) is 0 Å². The second-order valence-corrected chi connectivity index (χ2v) is 7.17. The van der Waals surface area contributed by atoms with Gasteiger partial charge in [-0.3, -0.25) is 4.57 Å². The Morgan fingerprint density at radius 1 is 1.56 bits per heavy atom. The van der Waals surface area contributed by atoms with Crippen molar-refractivity contribution in [3.05, 3.63) is 11.6 Å². The van der Waals surface area contributed by atoms with E-state index in [-0.39, 0.29) is 5.66 Å². The van der Waals surface area contributed by atoms with Crippen molar-refractivity contribution in [2.45, 2.75) is 12.6 Å². The van der Waals surface area contributed by atoms with Crippen LogP contribution in [0.3, 0.4) is 0 Å². The summed E-state index contributed by atoms with van der Waals surface area (Å²) < 4.78 is 10.7. The van der Waals surface area contributed by atoms with Gasteiger partial charge < -0.3 is 0 Å². The van der Waals surface area contributed by atoms with Gasteiger partial charge in [0.05, 0.1) is 5.66 Å². The second kappa shape index (κ2) is 3.88. The molecular formula is C4H6Cl3OP. The topological polar surface area (TPSA) is 17.1 Å². The summed E-state index contributed by atoms with van der Waals surface area (Å²) in [7, 11) is 0. The van der Waals surface area contributed by atoms with Gasteiger partial charge in [-0.1, -0.05) is 17.7 Å². The van der Waals surface area contributed by atoms with Gasteiger partial charge in [0.2, 0.25) is 0 Å². The van der Waals surface area contributed by atoms with Crippen molar-refractivity contribution in [3.8, 4) is 0 Å². The molecule has 0 heterocycles. The molecule has 1 unspecified atom stereocenters. The van der Waals surface area contributed by atoms with Gasteiger partial charge in [-0.2, -0.15) is 0 Å². The first-order valence-electron chi connectivity index (χ1n) is 2.24. The summed E-state index contributed by atoms with van der Waals surface area (Å²) >= 11 is 15.7. The van der Waals surface area contributed by atoms with Crippen molar-refractivity contribution in [1.82, 2.24) is 0 Å². The van der Waals surface area contributed by atoms with Gasteiger partial charge in [-0.25, -0.2) is 0 Å². The van der Waals surface area contributed by atoms with Gasteiger partial charge in [-0.05, 0) is 29.4 Å². The van der Waals surface area contributed by atoms with E-state index in [1.165, 1.54) is 11.6 Å². The molecule has 5 heteroatoms. The zero-order valence-corrected chi connectivity index (χ0v) is 7.88. The molecule has 1 nitrogen and oxygen atoms in total. The molecular weight excluding hydrogens is 201 g/mol. The molecule has 0 radical (unpaired) electrons. The molecule has 1 atom stereocenters. The van der Waals surface area contributed by atoms with Crippen LogP contribution in [0.5, 0.6) is 0 Å². The predicted octanol–water partition coefficient (Wildman–Crippen LogP) is 3.80. The van der Waals surface area contributed by atoms with Gasteiger partial charge in [0.15, 0.2) is 0 Å². The zero-order valence-electron chi connectivity index (χ0n) is 4.72. The van der Waals surface area contributed by atoms with E-state index in [1.807, 2.05) is 0 Å². The molecule has 0 aromatic carbocycles. The highest BCUT2D eigenvalue weighted by Crippen LogP contribution is 2.61. The highest BCUT2D eigenvalue weighted by atomic mass is 35.9. The SMILES string of the molecule is CC(/C=C/Cl)P(=O)(Cl)Cl. The molecule has 0 amide bonds. The Kier molecular flexibility index (Phi) is 4.24. The Morgan fingerprint density at radius 3 is 2.11 bits per heavy atom. The lowest BCUT2D eigenvalue weighted by Gasteiger charge is -2.04. The highest BCUT2D eigenvalue weighted by Gasteiger charge is 2.20. The van der Waals surface area contributed by atoms with Crippen LogP contribution < -0.4 is 0 Å². The summed E-state index contributed by atoms with van der Waals surface area (Å²) in [4.78, 5) is 0. The Balaban J connectivity index is 4.05. The van der Waals surface area contributed by atoms with E-state index in [0.29, 0.717) is 0 Å². The van der Waals surface area contributed by atoms with E-state index in [4.69, 9.17) is 34.1 Å². The number of hydrogen-bond donors (Lipinski definition) is 0. The number of halogens is 3. The minimum Gasteiger partial charge on any atom is -0.289 e. The van der Waals surface area contributed by atoms with Crippen molar-refractivity contribution < 1.29 is 4.57 Å².